The smallest absolute Gasteiger partial charge is 0.0929 e. The van der Waals surface area contributed by atoms with Crippen LogP contribution in [0.3, 0.4) is 0 Å². The Morgan fingerprint density at radius 2 is 2.10 bits per heavy atom. The number of alkyl halides is 1. The number of nitrogens with zero attached hydrogens (tertiary/aromatic N) is 2. The van der Waals surface area contributed by atoms with Crippen LogP contribution in [0.4, 0.5) is 0 Å². The summed E-state index contributed by atoms with van der Waals surface area (Å²) in [5.74, 6) is 1.55. The molecule has 1 aromatic rings. The molecule has 0 spiro atoms. The Morgan fingerprint density at radius 1 is 1.25 bits per heavy atom. The fourth-order valence-corrected chi connectivity index (χ4v) is 5.03. The van der Waals surface area contributed by atoms with Crippen LogP contribution in [0.15, 0.2) is 5.38 Å². The monoisotopic (exact) mass is 312 g/mol. The van der Waals surface area contributed by atoms with E-state index in [0.717, 1.165) is 24.1 Å². The van der Waals surface area contributed by atoms with Crippen LogP contribution < -0.4 is 0 Å². The normalized spacial score (nSPS) is 27.4. The molecule has 0 bridgehead atoms. The molecule has 0 aromatic carbocycles. The van der Waals surface area contributed by atoms with E-state index < -0.39 is 0 Å². The molecule has 0 N–H and O–H groups in total. The lowest BCUT2D eigenvalue weighted by Crippen LogP contribution is -2.47. The summed E-state index contributed by atoms with van der Waals surface area (Å²) in [6.45, 7) is 2.59. The van der Waals surface area contributed by atoms with E-state index in [1.165, 1.54) is 63.0 Å². The molecule has 2 aliphatic rings. The maximum Gasteiger partial charge on any atom is 0.0929 e. The second-order valence-corrected chi connectivity index (χ2v) is 7.47. The van der Waals surface area contributed by atoms with Crippen molar-refractivity contribution in [1.29, 1.82) is 0 Å². The molecule has 1 saturated carbocycles. The van der Waals surface area contributed by atoms with Gasteiger partial charge in [0.15, 0.2) is 0 Å². The summed E-state index contributed by atoms with van der Waals surface area (Å²) in [7, 11) is 0. The number of aryl methyl sites for hydroxylation is 1. The molecule has 2 heterocycles. The Balaban J connectivity index is 1.47. The van der Waals surface area contributed by atoms with Crippen LogP contribution in [-0.2, 0) is 12.3 Å². The van der Waals surface area contributed by atoms with E-state index >= 15 is 0 Å². The lowest BCUT2D eigenvalue weighted by molar-refractivity contribution is 0.0602. The van der Waals surface area contributed by atoms with Crippen molar-refractivity contribution in [3.63, 3.8) is 0 Å². The van der Waals surface area contributed by atoms with Crippen molar-refractivity contribution >= 4 is 22.9 Å². The van der Waals surface area contributed by atoms with Gasteiger partial charge in [0.2, 0.25) is 0 Å². The van der Waals surface area contributed by atoms with Gasteiger partial charge in [-0.1, -0.05) is 12.8 Å². The first-order valence-corrected chi connectivity index (χ1v) is 9.51. The highest BCUT2D eigenvalue weighted by Gasteiger charge is 2.32. The molecule has 4 heteroatoms. The maximum atomic E-state index is 5.81. The van der Waals surface area contributed by atoms with Gasteiger partial charge in [0.25, 0.3) is 0 Å². The molecule has 1 aliphatic heterocycles. The predicted octanol–water partition coefficient (Wildman–Crippen LogP) is 4.47. The molecule has 2 fully saturated rings. The quantitative estimate of drug-likeness (QED) is 0.746. The largest absolute Gasteiger partial charge is 0.300 e. The first-order valence-electron chi connectivity index (χ1n) is 8.10. The van der Waals surface area contributed by atoms with Crippen LogP contribution in [0.5, 0.6) is 0 Å². The van der Waals surface area contributed by atoms with E-state index in [1.54, 1.807) is 11.3 Å². The van der Waals surface area contributed by atoms with Crippen LogP contribution in [0.25, 0.3) is 0 Å². The van der Waals surface area contributed by atoms with Crippen molar-refractivity contribution < 1.29 is 0 Å². The minimum Gasteiger partial charge on any atom is -0.300 e. The summed E-state index contributed by atoms with van der Waals surface area (Å²) < 4.78 is 0. The van der Waals surface area contributed by atoms with Crippen molar-refractivity contribution in [2.24, 2.45) is 5.92 Å². The molecule has 2 unspecified atom stereocenters. The van der Waals surface area contributed by atoms with Gasteiger partial charge in [-0.15, -0.1) is 22.9 Å². The van der Waals surface area contributed by atoms with E-state index in [-0.39, 0.29) is 0 Å². The Morgan fingerprint density at radius 3 is 2.95 bits per heavy atom. The molecule has 2 nitrogen and oxygen atoms in total. The molecular formula is C16H25ClN2S. The number of rotatable bonds is 5. The van der Waals surface area contributed by atoms with Crippen molar-refractivity contribution in [3.8, 4) is 0 Å². The SMILES string of the molecule is ClCc1csc(CCCN2CCCC3CCCCC32)n1. The highest BCUT2D eigenvalue weighted by atomic mass is 35.5. The fourth-order valence-electron chi connectivity index (χ4n) is 3.96. The standard InChI is InChI=1S/C16H25ClN2S/c17-11-14-12-20-16(18-14)8-4-10-19-9-3-6-13-5-1-2-7-15(13)19/h12-13,15H,1-11H2. The van der Waals surface area contributed by atoms with Crippen molar-refractivity contribution in [2.75, 3.05) is 13.1 Å². The Labute approximate surface area is 131 Å². The van der Waals surface area contributed by atoms with Gasteiger partial charge < -0.3 is 4.90 Å². The van der Waals surface area contributed by atoms with Crippen molar-refractivity contribution in [3.05, 3.63) is 16.1 Å². The van der Waals surface area contributed by atoms with E-state index in [9.17, 15) is 0 Å². The predicted molar refractivity (Wildman–Crippen MR) is 86.5 cm³/mol. The molecule has 112 valence electrons. The number of thiazole rings is 1. The third kappa shape index (κ3) is 3.55. The van der Waals surface area contributed by atoms with E-state index in [2.05, 4.69) is 15.3 Å². The van der Waals surface area contributed by atoms with Gasteiger partial charge in [-0.25, -0.2) is 4.98 Å². The minimum absolute atomic E-state index is 0.548. The first-order chi connectivity index (χ1) is 9.86. The third-order valence-corrected chi connectivity index (χ3v) is 6.16. The highest BCUT2D eigenvalue weighted by Crippen LogP contribution is 2.35. The van der Waals surface area contributed by atoms with Crippen molar-refractivity contribution in [1.82, 2.24) is 9.88 Å². The maximum absolute atomic E-state index is 5.81. The fraction of sp³-hybridized carbons (Fsp3) is 0.812. The molecule has 1 saturated heterocycles. The topological polar surface area (TPSA) is 16.1 Å². The van der Waals surface area contributed by atoms with Crippen LogP contribution in [0.1, 0.15) is 55.6 Å². The number of hydrogen-bond donors (Lipinski definition) is 0. The molecule has 0 amide bonds. The third-order valence-electron chi connectivity index (χ3n) is 4.93. The van der Waals surface area contributed by atoms with Crippen LogP contribution >= 0.6 is 22.9 Å². The zero-order valence-corrected chi connectivity index (χ0v) is 13.8. The summed E-state index contributed by atoms with van der Waals surface area (Å²) in [5.41, 5.74) is 1.04. The summed E-state index contributed by atoms with van der Waals surface area (Å²) in [6.07, 6.45) is 11.1. The summed E-state index contributed by atoms with van der Waals surface area (Å²) >= 11 is 7.58. The van der Waals surface area contributed by atoms with Crippen LogP contribution in [0, 0.1) is 5.92 Å². The second-order valence-electron chi connectivity index (χ2n) is 6.26. The average Bonchev–Trinajstić information content (AvgIpc) is 2.95. The van der Waals surface area contributed by atoms with Gasteiger partial charge in [-0.05, 0) is 51.1 Å². The van der Waals surface area contributed by atoms with Gasteiger partial charge >= 0.3 is 0 Å². The lowest BCUT2D eigenvalue weighted by atomic mass is 9.78. The van der Waals surface area contributed by atoms with E-state index in [0.29, 0.717) is 5.88 Å². The van der Waals surface area contributed by atoms with Gasteiger partial charge in [-0.3, -0.25) is 0 Å². The second kappa shape index (κ2) is 7.24. The number of halogens is 1. The number of piperidine rings is 1. The van der Waals surface area contributed by atoms with Gasteiger partial charge in [0.1, 0.15) is 0 Å². The van der Waals surface area contributed by atoms with E-state index in [4.69, 9.17) is 11.6 Å². The number of fused-ring (bicyclic) bond motifs is 1. The molecule has 20 heavy (non-hydrogen) atoms. The molecule has 1 aromatic heterocycles. The number of likely N-dealkylation sites (tertiary alicyclic amines) is 1. The number of aromatic nitrogens is 1. The van der Waals surface area contributed by atoms with Crippen molar-refractivity contribution in [2.45, 2.75) is 63.3 Å². The Kier molecular flexibility index (Phi) is 5.36. The highest BCUT2D eigenvalue weighted by molar-refractivity contribution is 7.09. The van der Waals surface area contributed by atoms with Gasteiger partial charge in [0.05, 0.1) is 16.6 Å². The van der Waals surface area contributed by atoms with E-state index in [1.807, 2.05) is 0 Å². The zero-order valence-electron chi connectivity index (χ0n) is 12.2. The summed E-state index contributed by atoms with van der Waals surface area (Å²) in [4.78, 5) is 7.34. The summed E-state index contributed by atoms with van der Waals surface area (Å²) in [5, 5.41) is 3.36. The lowest BCUT2D eigenvalue weighted by Gasteiger charge is -2.44. The van der Waals surface area contributed by atoms with Gasteiger partial charge in [-0.2, -0.15) is 0 Å². The Bertz CT molecular complexity index is 418. The van der Waals surface area contributed by atoms with Crippen LogP contribution in [-0.4, -0.2) is 29.0 Å². The minimum atomic E-state index is 0.548. The molecule has 1 aliphatic carbocycles. The molecule has 2 atom stereocenters. The van der Waals surface area contributed by atoms with Gasteiger partial charge in [0, 0.05) is 17.8 Å². The molecule has 0 radical (unpaired) electrons. The Hall–Kier alpha value is -0.120. The number of hydrogen-bond acceptors (Lipinski definition) is 3. The first kappa shape index (κ1) is 14.8. The average molecular weight is 313 g/mol. The zero-order chi connectivity index (χ0) is 13.8. The molecule has 3 rings (SSSR count). The molecular weight excluding hydrogens is 288 g/mol. The summed E-state index contributed by atoms with van der Waals surface area (Å²) in [6, 6.07) is 0.896. The van der Waals surface area contributed by atoms with Crippen LogP contribution in [0.2, 0.25) is 0 Å².